The fourth-order valence-corrected chi connectivity index (χ4v) is 6.43. The van der Waals surface area contributed by atoms with Crippen molar-refractivity contribution < 1.29 is 28.6 Å². The number of allylic oxidation sites excluding steroid dienone is 15. The summed E-state index contributed by atoms with van der Waals surface area (Å²) in [6.07, 6.45) is 64.3. The Morgan fingerprint density at radius 1 is 0.377 bits per heavy atom. The van der Waals surface area contributed by atoms with Crippen molar-refractivity contribution in [2.45, 2.75) is 219 Å². The Labute approximate surface area is 375 Å². The number of hydrogen-bond acceptors (Lipinski definition) is 6. The fraction of sp³-hybridized carbons (Fsp3) is 0.655. The van der Waals surface area contributed by atoms with Gasteiger partial charge in [-0.3, -0.25) is 14.4 Å². The number of rotatable bonds is 43. The molecule has 0 amide bonds. The van der Waals surface area contributed by atoms with E-state index < -0.39 is 12.1 Å². The lowest BCUT2D eigenvalue weighted by Gasteiger charge is -2.18. The van der Waals surface area contributed by atoms with E-state index in [0.29, 0.717) is 12.8 Å². The number of carbonyl (C=O) groups is 3. The number of hydrogen-bond donors (Lipinski definition) is 0. The van der Waals surface area contributed by atoms with Gasteiger partial charge in [0.2, 0.25) is 0 Å². The second-order valence-electron chi connectivity index (χ2n) is 16.1. The molecule has 346 valence electrons. The molecular formula is C55H90O6. The van der Waals surface area contributed by atoms with Gasteiger partial charge in [-0.15, -0.1) is 0 Å². The second-order valence-corrected chi connectivity index (χ2v) is 16.1. The summed E-state index contributed by atoms with van der Waals surface area (Å²) in [6, 6.07) is 0. The van der Waals surface area contributed by atoms with Crippen LogP contribution in [0.5, 0.6) is 0 Å². The Bertz CT molecular complexity index is 1250. The second kappa shape index (κ2) is 49.0. The van der Waals surface area contributed by atoms with Gasteiger partial charge in [0.05, 0.1) is 6.42 Å². The highest BCUT2D eigenvalue weighted by molar-refractivity contribution is 5.72. The third-order valence-corrected chi connectivity index (χ3v) is 10.2. The Hall–Kier alpha value is -3.67. The van der Waals surface area contributed by atoms with Crippen molar-refractivity contribution in [1.29, 1.82) is 0 Å². The first kappa shape index (κ1) is 57.3. The van der Waals surface area contributed by atoms with E-state index in [1.807, 2.05) is 6.08 Å². The molecule has 0 N–H and O–H groups in total. The van der Waals surface area contributed by atoms with Gasteiger partial charge >= 0.3 is 17.9 Å². The largest absolute Gasteiger partial charge is 0.462 e. The average molecular weight is 847 g/mol. The maximum absolute atomic E-state index is 12.7. The predicted molar refractivity (Wildman–Crippen MR) is 260 cm³/mol. The highest BCUT2D eigenvalue weighted by Gasteiger charge is 2.19. The molecular weight excluding hydrogens is 757 g/mol. The van der Waals surface area contributed by atoms with Crippen LogP contribution >= 0.6 is 0 Å². The Morgan fingerprint density at radius 3 is 1.25 bits per heavy atom. The van der Waals surface area contributed by atoms with Crippen LogP contribution in [0.2, 0.25) is 0 Å². The highest BCUT2D eigenvalue weighted by atomic mass is 16.6. The molecule has 0 fully saturated rings. The quantitative estimate of drug-likeness (QED) is 0.0200. The van der Waals surface area contributed by atoms with Crippen molar-refractivity contribution in [1.82, 2.24) is 0 Å². The Morgan fingerprint density at radius 2 is 0.754 bits per heavy atom. The van der Waals surface area contributed by atoms with Crippen LogP contribution in [-0.2, 0) is 28.6 Å². The van der Waals surface area contributed by atoms with Gasteiger partial charge in [-0.25, -0.2) is 0 Å². The molecule has 0 aliphatic carbocycles. The maximum Gasteiger partial charge on any atom is 0.309 e. The molecule has 0 aromatic carbocycles. The summed E-state index contributed by atoms with van der Waals surface area (Å²) in [7, 11) is 0. The molecule has 0 aliphatic heterocycles. The van der Waals surface area contributed by atoms with Gasteiger partial charge < -0.3 is 14.2 Å². The third kappa shape index (κ3) is 47.2. The van der Waals surface area contributed by atoms with Crippen LogP contribution < -0.4 is 0 Å². The Balaban J connectivity index is 4.49. The van der Waals surface area contributed by atoms with E-state index in [4.69, 9.17) is 14.2 Å². The zero-order valence-electron chi connectivity index (χ0n) is 39.4. The topological polar surface area (TPSA) is 78.9 Å². The van der Waals surface area contributed by atoms with Gasteiger partial charge in [0, 0.05) is 12.8 Å². The van der Waals surface area contributed by atoms with E-state index in [1.54, 1.807) is 6.08 Å². The van der Waals surface area contributed by atoms with E-state index in [2.05, 4.69) is 106 Å². The van der Waals surface area contributed by atoms with Gasteiger partial charge in [-0.05, 0) is 83.5 Å². The van der Waals surface area contributed by atoms with Crippen LogP contribution in [0.3, 0.4) is 0 Å². The normalized spacial score (nSPS) is 12.9. The number of carbonyl (C=O) groups excluding carboxylic acids is 3. The van der Waals surface area contributed by atoms with E-state index in [-0.39, 0.29) is 38.0 Å². The molecule has 0 radical (unpaired) electrons. The first-order chi connectivity index (χ1) is 30.0. The van der Waals surface area contributed by atoms with Crippen LogP contribution in [0.25, 0.3) is 0 Å². The number of unbranched alkanes of at least 4 members (excludes halogenated alkanes) is 20. The summed E-state index contributed by atoms with van der Waals surface area (Å²) < 4.78 is 16.6. The molecule has 0 spiro atoms. The summed E-state index contributed by atoms with van der Waals surface area (Å²) in [5, 5.41) is 0. The van der Waals surface area contributed by atoms with E-state index >= 15 is 0 Å². The van der Waals surface area contributed by atoms with E-state index in [0.717, 1.165) is 89.9 Å². The molecule has 1 unspecified atom stereocenters. The minimum atomic E-state index is -0.835. The van der Waals surface area contributed by atoms with E-state index in [9.17, 15) is 14.4 Å². The molecule has 1 atom stereocenters. The standard InChI is InChI=1S/C55H90O6/c1-4-7-10-13-16-19-21-23-25-27-28-30-31-33-36-39-42-45-48-54(57)60-51-52(50-59-53(56)47-44-41-38-35-18-15-12-9-6-3)61-55(58)49-46-43-40-37-34-32-29-26-24-22-20-17-14-11-8-5-2/h9,12,18,21,23,25-30,32,34-35,41,44,52H,4-8,10-11,13-17,19-20,22,24,31,33,36-40,42-43,45-51H2,1-3H3/b12-9-,23-21-,27-25-,29-26-,30-28-,34-32-,35-18-,44-41-. The molecule has 0 saturated heterocycles. The Kier molecular flexibility index (Phi) is 46.0. The van der Waals surface area contributed by atoms with Crippen LogP contribution in [0, 0.1) is 0 Å². The van der Waals surface area contributed by atoms with Gasteiger partial charge in [0.1, 0.15) is 13.2 Å². The minimum Gasteiger partial charge on any atom is -0.462 e. The van der Waals surface area contributed by atoms with Crippen LogP contribution in [0.4, 0.5) is 0 Å². The predicted octanol–water partition coefficient (Wildman–Crippen LogP) is 16.2. The number of ether oxygens (including phenoxy) is 3. The van der Waals surface area contributed by atoms with Crippen molar-refractivity contribution in [2.75, 3.05) is 13.2 Å². The summed E-state index contributed by atoms with van der Waals surface area (Å²) in [5.74, 6) is -1.11. The van der Waals surface area contributed by atoms with Gasteiger partial charge in [0.25, 0.3) is 0 Å². The summed E-state index contributed by atoms with van der Waals surface area (Å²) in [5.41, 5.74) is 0. The summed E-state index contributed by atoms with van der Waals surface area (Å²) >= 11 is 0. The molecule has 0 aromatic rings. The van der Waals surface area contributed by atoms with Gasteiger partial charge in [-0.2, -0.15) is 0 Å². The lowest BCUT2D eigenvalue weighted by atomic mass is 10.1. The lowest BCUT2D eigenvalue weighted by Crippen LogP contribution is -2.30. The van der Waals surface area contributed by atoms with Crippen molar-refractivity contribution in [3.05, 3.63) is 97.2 Å². The van der Waals surface area contributed by atoms with Crippen LogP contribution in [0.1, 0.15) is 213 Å². The first-order valence-electron chi connectivity index (χ1n) is 24.8. The third-order valence-electron chi connectivity index (χ3n) is 10.2. The highest BCUT2D eigenvalue weighted by Crippen LogP contribution is 2.12. The molecule has 0 heterocycles. The molecule has 0 bridgehead atoms. The summed E-state index contributed by atoms with van der Waals surface area (Å²) in [4.78, 5) is 37.7. The van der Waals surface area contributed by atoms with Crippen molar-refractivity contribution >= 4 is 17.9 Å². The fourth-order valence-electron chi connectivity index (χ4n) is 6.43. The van der Waals surface area contributed by atoms with Crippen LogP contribution in [0.15, 0.2) is 97.2 Å². The van der Waals surface area contributed by atoms with Crippen LogP contribution in [-0.4, -0.2) is 37.2 Å². The molecule has 61 heavy (non-hydrogen) atoms. The zero-order valence-corrected chi connectivity index (χ0v) is 39.4. The average Bonchev–Trinajstić information content (AvgIpc) is 3.26. The van der Waals surface area contributed by atoms with Gasteiger partial charge in [0.15, 0.2) is 6.10 Å². The van der Waals surface area contributed by atoms with E-state index in [1.165, 1.54) is 77.0 Å². The first-order valence-corrected chi connectivity index (χ1v) is 24.8. The molecule has 0 aliphatic rings. The maximum atomic E-state index is 12.7. The van der Waals surface area contributed by atoms with Gasteiger partial charge in [-0.1, -0.05) is 208 Å². The molecule has 0 saturated carbocycles. The van der Waals surface area contributed by atoms with Crippen molar-refractivity contribution in [3.63, 3.8) is 0 Å². The number of esters is 3. The van der Waals surface area contributed by atoms with Crippen molar-refractivity contribution in [2.24, 2.45) is 0 Å². The van der Waals surface area contributed by atoms with Crippen molar-refractivity contribution in [3.8, 4) is 0 Å². The molecule has 6 nitrogen and oxygen atoms in total. The zero-order chi connectivity index (χ0) is 44.4. The molecule has 0 rings (SSSR count). The molecule has 6 heteroatoms. The minimum absolute atomic E-state index is 0.123. The SMILES string of the molecule is CC/C=C\C/C=C\C/C=C\CC(=O)OCC(COC(=O)CCCCCCC\C=C/C=C\C=C/CCCCCCC)OC(=O)CCCCC/C=C\C=C/CCCCCCCCC. The molecule has 0 aromatic heterocycles. The monoisotopic (exact) mass is 847 g/mol. The smallest absolute Gasteiger partial charge is 0.309 e. The summed E-state index contributed by atoms with van der Waals surface area (Å²) in [6.45, 7) is 6.34. The lowest BCUT2D eigenvalue weighted by molar-refractivity contribution is -0.166.